The Morgan fingerprint density at radius 1 is 1.04 bits per heavy atom. The fourth-order valence-electron chi connectivity index (χ4n) is 2.63. The van der Waals surface area contributed by atoms with Gasteiger partial charge in [0.2, 0.25) is 0 Å². The van der Waals surface area contributed by atoms with E-state index >= 15 is 0 Å². The number of benzene rings is 1. The highest BCUT2D eigenvalue weighted by Crippen LogP contribution is 2.40. The molecule has 1 aliphatic rings. The average Bonchev–Trinajstić information content (AvgIpc) is 3.00. The summed E-state index contributed by atoms with van der Waals surface area (Å²) in [6.45, 7) is 3.95. The standard InChI is InChI=1S/C19H22O4/c1-3-22-17(20)19(18(21)23-4-2)13-12-16(14-19)11-10-15-8-6-5-7-9-15/h5-12H,3-4,13-14H2,1-2H3/b11-10+. The van der Waals surface area contributed by atoms with E-state index in [0.29, 0.717) is 12.8 Å². The normalized spacial score (nSPS) is 16.2. The molecule has 23 heavy (non-hydrogen) atoms. The van der Waals surface area contributed by atoms with E-state index in [4.69, 9.17) is 9.47 Å². The van der Waals surface area contributed by atoms with Crippen LogP contribution in [0.3, 0.4) is 0 Å². The fraction of sp³-hybridized carbons (Fsp3) is 0.368. The second-order valence-electron chi connectivity index (χ2n) is 5.43. The number of ether oxygens (including phenoxy) is 2. The van der Waals surface area contributed by atoms with E-state index in [1.807, 2.05) is 48.6 Å². The van der Waals surface area contributed by atoms with Gasteiger partial charge in [0.05, 0.1) is 13.2 Å². The molecule has 0 amide bonds. The van der Waals surface area contributed by atoms with Crippen molar-refractivity contribution < 1.29 is 19.1 Å². The van der Waals surface area contributed by atoms with Crippen LogP contribution in [0, 0.1) is 5.41 Å². The molecule has 0 radical (unpaired) electrons. The minimum absolute atomic E-state index is 0.245. The second kappa shape index (κ2) is 7.77. The number of hydrogen-bond donors (Lipinski definition) is 0. The van der Waals surface area contributed by atoms with Crippen molar-refractivity contribution in [2.24, 2.45) is 5.41 Å². The maximum absolute atomic E-state index is 12.3. The van der Waals surface area contributed by atoms with Crippen molar-refractivity contribution >= 4 is 18.0 Å². The first-order valence-corrected chi connectivity index (χ1v) is 7.89. The number of rotatable bonds is 6. The van der Waals surface area contributed by atoms with Crippen LogP contribution in [0.5, 0.6) is 0 Å². The molecule has 1 aromatic rings. The van der Waals surface area contributed by atoms with Gasteiger partial charge in [-0.1, -0.05) is 54.1 Å². The van der Waals surface area contributed by atoms with Gasteiger partial charge < -0.3 is 9.47 Å². The zero-order valence-corrected chi connectivity index (χ0v) is 13.6. The molecule has 4 heteroatoms. The Labute approximate surface area is 136 Å². The third-order valence-electron chi connectivity index (χ3n) is 3.84. The van der Waals surface area contributed by atoms with Gasteiger partial charge in [-0.15, -0.1) is 0 Å². The van der Waals surface area contributed by atoms with Gasteiger partial charge in [0.25, 0.3) is 0 Å². The van der Waals surface area contributed by atoms with Gasteiger partial charge >= 0.3 is 11.9 Å². The zero-order chi connectivity index (χ0) is 16.7. The Balaban J connectivity index is 2.14. The predicted molar refractivity (Wildman–Crippen MR) is 88.5 cm³/mol. The van der Waals surface area contributed by atoms with Crippen LogP contribution in [-0.4, -0.2) is 25.2 Å². The molecule has 0 bridgehead atoms. The lowest BCUT2D eigenvalue weighted by Crippen LogP contribution is -2.40. The van der Waals surface area contributed by atoms with Crippen LogP contribution >= 0.6 is 0 Å². The predicted octanol–water partition coefficient (Wildman–Crippen LogP) is 3.53. The van der Waals surface area contributed by atoms with Crippen LogP contribution in [-0.2, 0) is 19.1 Å². The summed E-state index contributed by atoms with van der Waals surface area (Å²) in [7, 11) is 0. The van der Waals surface area contributed by atoms with Gasteiger partial charge in [-0.05, 0) is 32.3 Å². The molecule has 0 spiro atoms. The smallest absolute Gasteiger partial charge is 0.324 e. The maximum atomic E-state index is 12.3. The third-order valence-corrected chi connectivity index (χ3v) is 3.84. The number of esters is 2. The molecule has 0 heterocycles. The van der Waals surface area contributed by atoms with E-state index in [1.54, 1.807) is 13.8 Å². The second-order valence-corrected chi connectivity index (χ2v) is 5.43. The summed E-state index contributed by atoms with van der Waals surface area (Å²) >= 11 is 0. The van der Waals surface area contributed by atoms with E-state index in [-0.39, 0.29) is 13.2 Å². The minimum atomic E-state index is -1.23. The summed E-state index contributed by atoms with van der Waals surface area (Å²) < 4.78 is 10.2. The first-order chi connectivity index (χ1) is 11.1. The van der Waals surface area contributed by atoms with Crippen LogP contribution in [0.25, 0.3) is 6.08 Å². The third kappa shape index (κ3) is 3.89. The van der Waals surface area contributed by atoms with Crippen LogP contribution in [0.2, 0.25) is 0 Å². The number of allylic oxidation sites excluding steroid dienone is 3. The zero-order valence-electron chi connectivity index (χ0n) is 13.6. The summed E-state index contributed by atoms with van der Waals surface area (Å²) in [6, 6.07) is 9.87. The highest BCUT2D eigenvalue weighted by molar-refractivity contribution is 6.01. The molecule has 4 nitrogen and oxygen atoms in total. The largest absolute Gasteiger partial charge is 0.465 e. The molecule has 2 rings (SSSR count). The molecular formula is C19H22O4. The van der Waals surface area contributed by atoms with E-state index in [1.165, 1.54) is 0 Å². The number of carbonyl (C=O) groups is 2. The van der Waals surface area contributed by atoms with Gasteiger partial charge in [0.15, 0.2) is 5.41 Å². The summed E-state index contributed by atoms with van der Waals surface area (Å²) in [4.78, 5) is 24.6. The van der Waals surface area contributed by atoms with Crippen LogP contribution in [0.4, 0.5) is 0 Å². The van der Waals surface area contributed by atoms with Gasteiger partial charge in [-0.3, -0.25) is 9.59 Å². The van der Waals surface area contributed by atoms with Crippen molar-refractivity contribution in [3.63, 3.8) is 0 Å². The molecule has 0 saturated carbocycles. The minimum Gasteiger partial charge on any atom is -0.465 e. The quantitative estimate of drug-likeness (QED) is 0.595. The van der Waals surface area contributed by atoms with E-state index in [0.717, 1.165) is 11.1 Å². The molecule has 0 N–H and O–H groups in total. The highest BCUT2D eigenvalue weighted by atomic mass is 16.6. The SMILES string of the molecule is CCOC(=O)C1(C(=O)OCC)CC=C(/C=C/c2ccccc2)C1. The van der Waals surface area contributed by atoms with Crippen LogP contribution in [0.15, 0.2) is 48.1 Å². The Hall–Kier alpha value is -2.36. The Kier molecular flexibility index (Phi) is 5.74. The molecule has 0 atom stereocenters. The molecule has 0 aromatic heterocycles. The average molecular weight is 314 g/mol. The Morgan fingerprint density at radius 3 is 2.22 bits per heavy atom. The lowest BCUT2D eigenvalue weighted by Gasteiger charge is -2.24. The summed E-state index contributed by atoms with van der Waals surface area (Å²) in [5.41, 5.74) is 0.774. The molecule has 0 aliphatic heterocycles. The van der Waals surface area contributed by atoms with Gasteiger partial charge in [-0.2, -0.15) is 0 Å². The molecule has 0 fully saturated rings. The highest BCUT2D eigenvalue weighted by Gasteiger charge is 2.50. The van der Waals surface area contributed by atoms with E-state index < -0.39 is 17.4 Å². The van der Waals surface area contributed by atoms with E-state index in [9.17, 15) is 9.59 Å². The molecule has 0 unspecified atom stereocenters. The summed E-state index contributed by atoms with van der Waals surface area (Å²) in [5, 5.41) is 0. The molecule has 1 aliphatic carbocycles. The first kappa shape index (κ1) is 17.0. The topological polar surface area (TPSA) is 52.6 Å². The van der Waals surface area contributed by atoms with Crippen molar-refractivity contribution in [3.8, 4) is 0 Å². The lowest BCUT2D eigenvalue weighted by molar-refractivity contribution is -0.171. The number of hydrogen-bond acceptors (Lipinski definition) is 4. The Morgan fingerprint density at radius 2 is 1.65 bits per heavy atom. The van der Waals surface area contributed by atoms with Gasteiger partial charge in [-0.25, -0.2) is 0 Å². The van der Waals surface area contributed by atoms with Crippen molar-refractivity contribution in [2.45, 2.75) is 26.7 Å². The van der Waals surface area contributed by atoms with Crippen molar-refractivity contribution in [1.29, 1.82) is 0 Å². The first-order valence-electron chi connectivity index (χ1n) is 7.89. The maximum Gasteiger partial charge on any atom is 0.324 e. The summed E-state index contributed by atoms with van der Waals surface area (Å²) in [6.07, 6.45) is 6.45. The van der Waals surface area contributed by atoms with E-state index in [2.05, 4.69) is 0 Å². The monoisotopic (exact) mass is 314 g/mol. The Bertz CT molecular complexity index is 596. The van der Waals surface area contributed by atoms with Crippen molar-refractivity contribution in [2.75, 3.05) is 13.2 Å². The molecular weight excluding hydrogens is 292 g/mol. The fourth-order valence-corrected chi connectivity index (χ4v) is 2.63. The molecule has 1 aromatic carbocycles. The van der Waals surface area contributed by atoms with Gasteiger partial charge in [0, 0.05) is 0 Å². The molecule has 122 valence electrons. The lowest BCUT2D eigenvalue weighted by atomic mass is 9.84. The molecule has 0 saturated heterocycles. The van der Waals surface area contributed by atoms with Crippen molar-refractivity contribution in [3.05, 3.63) is 53.6 Å². The number of carbonyl (C=O) groups excluding carboxylic acids is 2. The van der Waals surface area contributed by atoms with Crippen molar-refractivity contribution in [1.82, 2.24) is 0 Å². The van der Waals surface area contributed by atoms with Gasteiger partial charge in [0.1, 0.15) is 0 Å². The van der Waals surface area contributed by atoms with Crippen LogP contribution in [0.1, 0.15) is 32.3 Å². The van der Waals surface area contributed by atoms with Crippen LogP contribution < -0.4 is 0 Å². The summed E-state index contributed by atoms with van der Waals surface area (Å²) in [5.74, 6) is -1.00.